The SMILES string of the molecule is NNC(c1ccc(Cl)c(Cl)c1)c1cccc2ccncc12. The zero-order valence-electron chi connectivity index (χ0n) is 11.1. The van der Waals surface area contributed by atoms with Crippen LogP contribution in [0.4, 0.5) is 0 Å². The van der Waals surface area contributed by atoms with Crippen molar-refractivity contribution >= 4 is 34.0 Å². The fraction of sp³-hybridized carbons (Fsp3) is 0.0625. The van der Waals surface area contributed by atoms with Crippen molar-refractivity contribution < 1.29 is 0 Å². The van der Waals surface area contributed by atoms with Gasteiger partial charge >= 0.3 is 0 Å². The fourth-order valence-corrected chi connectivity index (χ4v) is 2.75. The van der Waals surface area contributed by atoms with Crippen LogP contribution >= 0.6 is 23.2 Å². The summed E-state index contributed by atoms with van der Waals surface area (Å²) < 4.78 is 0. The molecule has 3 rings (SSSR count). The number of pyridine rings is 1. The topological polar surface area (TPSA) is 50.9 Å². The lowest BCUT2D eigenvalue weighted by Crippen LogP contribution is -2.29. The average molecular weight is 318 g/mol. The van der Waals surface area contributed by atoms with Crippen molar-refractivity contribution in [1.29, 1.82) is 0 Å². The Labute approximate surface area is 132 Å². The first kappa shape index (κ1) is 14.3. The van der Waals surface area contributed by atoms with E-state index in [9.17, 15) is 0 Å². The van der Waals surface area contributed by atoms with Crippen molar-refractivity contribution in [1.82, 2.24) is 10.4 Å². The molecule has 0 aliphatic heterocycles. The Balaban J connectivity index is 2.16. The summed E-state index contributed by atoms with van der Waals surface area (Å²) in [5.41, 5.74) is 4.83. The third kappa shape index (κ3) is 2.74. The molecule has 2 aromatic carbocycles. The summed E-state index contributed by atoms with van der Waals surface area (Å²) in [6, 6.07) is 13.4. The molecule has 0 saturated heterocycles. The Morgan fingerprint density at radius 3 is 2.67 bits per heavy atom. The lowest BCUT2D eigenvalue weighted by Gasteiger charge is -2.19. The molecule has 0 amide bonds. The van der Waals surface area contributed by atoms with Crippen LogP contribution in [-0.4, -0.2) is 4.98 Å². The van der Waals surface area contributed by atoms with Crippen molar-refractivity contribution in [3.05, 3.63) is 76.0 Å². The average Bonchev–Trinajstić information content (AvgIpc) is 2.52. The Kier molecular flexibility index (Phi) is 4.08. The molecule has 3 aromatic rings. The maximum absolute atomic E-state index is 6.11. The van der Waals surface area contributed by atoms with Crippen LogP contribution in [0.5, 0.6) is 0 Å². The molecule has 0 saturated carbocycles. The lowest BCUT2D eigenvalue weighted by atomic mass is 9.95. The summed E-state index contributed by atoms with van der Waals surface area (Å²) in [5, 5.41) is 3.19. The first-order chi connectivity index (χ1) is 10.2. The highest BCUT2D eigenvalue weighted by Crippen LogP contribution is 2.31. The smallest absolute Gasteiger partial charge is 0.0717 e. The summed E-state index contributed by atoms with van der Waals surface area (Å²) in [6.07, 6.45) is 3.61. The second kappa shape index (κ2) is 6.00. The van der Waals surface area contributed by atoms with Crippen LogP contribution in [0.25, 0.3) is 10.8 Å². The number of hydrogen-bond donors (Lipinski definition) is 2. The van der Waals surface area contributed by atoms with Gasteiger partial charge in [0.15, 0.2) is 0 Å². The maximum atomic E-state index is 6.11. The van der Waals surface area contributed by atoms with Crippen LogP contribution < -0.4 is 11.3 Å². The van der Waals surface area contributed by atoms with E-state index in [1.165, 1.54) is 0 Å². The van der Waals surface area contributed by atoms with Crippen LogP contribution in [0.15, 0.2) is 54.9 Å². The maximum Gasteiger partial charge on any atom is 0.0717 e. The van der Waals surface area contributed by atoms with E-state index in [0.717, 1.165) is 21.9 Å². The van der Waals surface area contributed by atoms with E-state index in [1.54, 1.807) is 12.3 Å². The molecule has 0 fully saturated rings. The highest BCUT2D eigenvalue weighted by Gasteiger charge is 2.16. The normalized spacial score (nSPS) is 12.5. The zero-order chi connectivity index (χ0) is 14.8. The molecule has 3 nitrogen and oxygen atoms in total. The Morgan fingerprint density at radius 1 is 1.05 bits per heavy atom. The molecule has 106 valence electrons. The van der Waals surface area contributed by atoms with E-state index < -0.39 is 0 Å². The third-order valence-electron chi connectivity index (χ3n) is 3.47. The molecule has 0 radical (unpaired) electrons. The van der Waals surface area contributed by atoms with Crippen LogP contribution in [0.3, 0.4) is 0 Å². The number of nitrogens with zero attached hydrogens (tertiary/aromatic N) is 1. The minimum atomic E-state index is -0.187. The quantitative estimate of drug-likeness (QED) is 0.565. The molecule has 3 N–H and O–H groups in total. The summed E-state index contributed by atoms with van der Waals surface area (Å²) in [5.74, 6) is 5.77. The largest absolute Gasteiger partial charge is 0.271 e. The van der Waals surface area contributed by atoms with Crippen LogP contribution in [-0.2, 0) is 0 Å². The van der Waals surface area contributed by atoms with Crippen LogP contribution in [0, 0.1) is 0 Å². The van der Waals surface area contributed by atoms with Gasteiger partial charge in [0.25, 0.3) is 0 Å². The van der Waals surface area contributed by atoms with E-state index >= 15 is 0 Å². The van der Waals surface area contributed by atoms with Crippen molar-refractivity contribution in [2.24, 2.45) is 5.84 Å². The number of halogens is 2. The van der Waals surface area contributed by atoms with Gasteiger partial charge in [0.1, 0.15) is 0 Å². The highest BCUT2D eigenvalue weighted by molar-refractivity contribution is 6.42. The van der Waals surface area contributed by atoms with Gasteiger partial charge in [-0.2, -0.15) is 0 Å². The molecule has 0 bridgehead atoms. The second-order valence-corrected chi connectivity index (χ2v) is 5.53. The first-order valence-corrected chi connectivity index (χ1v) is 7.20. The molecule has 0 spiro atoms. The van der Waals surface area contributed by atoms with Gasteiger partial charge in [0.05, 0.1) is 16.1 Å². The van der Waals surface area contributed by atoms with E-state index in [1.807, 2.05) is 42.6 Å². The summed E-state index contributed by atoms with van der Waals surface area (Å²) >= 11 is 12.1. The number of nitrogens with two attached hydrogens (primary N) is 1. The van der Waals surface area contributed by atoms with E-state index in [4.69, 9.17) is 29.0 Å². The molecule has 0 aliphatic rings. The zero-order valence-corrected chi connectivity index (χ0v) is 12.6. The number of fused-ring (bicyclic) bond motifs is 1. The predicted molar refractivity (Wildman–Crippen MR) is 87.4 cm³/mol. The van der Waals surface area contributed by atoms with E-state index in [2.05, 4.69) is 10.4 Å². The van der Waals surface area contributed by atoms with Crippen LogP contribution in [0.1, 0.15) is 17.2 Å². The molecular weight excluding hydrogens is 305 g/mol. The standard InChI is InChI=1S/C16H13Cl2N3/c17-14-5-4-11(8-15(14)18)16(21-19)12-3-1-2-10-6-7-20-9-13(10)12/h1-9,16,21H,19H2. The number of nitrogens with one attached hydrogen (secondary N) is 1. The number of benzene rings is 2. The second-order valence-electron chi connectivity index (χ2n) is 4.72. The van der Waals surface area contributed by atoms with E-state index in [-0.39, 0.29) is 6.04 Å². The third-order valence-corrected chi connectivity index (χ3v) is 4.21. The van der Waals surface area contributed by atoms with Gasteiger partial charge in [-0.3, -0.25) is 10.8 Å². The van der Waals surface area contributed by atoms with Gasteiger partial charge in [-0.15, -0.1) is 0 Å². The fourth-order valence-electron chi connectivity index (χ4n) is 2.45. The molecule has 0 aliphatic carbocycles. The summed E-state index contributed by atoms with van der Waals surface area (Å²) in [4.78, 5) is 4.20. The van der Waals surface area contributed by atoms with Crippen LogP contribution in [0.2, 0.25) is 10.0 Å². The molecule has 5 heteroatoms. The van der Waals surface area contributed by atoms with Gasteiger partial charge in [0, 0.05) is 17.8 Å². The van der Waals surface area contributed by atoms with Gasteiger partial charge in [0.2, 0.25) is 0 Å². The van der Waals surface area contributed by atoms with Crippen molar-refractivity contribution in [2.45, 2.75) is 6.04 Å². The van der Waals surface area contributed by atoms with E-state index in [0.29, 0.717) is 10.0 Å². The minimum absolute atomic E-state index is 0.187. The predicted octanol–water partition coefficient (Wildman–Crippen LogP) is 4.09. The van der Waals surface area contributed by atoms with Gasteiger partial charge in [-0.25, -0.2) is 5.43 Å². The highest BCUT2D eigenvalue weighted by atomic mass is 35.5. The molecule has 1 aromatic heterocycles. The molecular formula is C16H13Cl2N3. The molecule has 21 heavy (non-hydrogen) atoms. The summed E-state index contributed by atoms with van der Waals surface area (Å²) in [7, 11) is 0. The Bertz CT molecular complexity index is 784. The van der Waals surface area contributed by atoms with Gasteiger partial charge in [-0.1, -0.05) is 47.5 Å². The minimum Gasteiger partial charge on any atom is -0.271 e. The number of aromatic nitrogens is 1. The molecule has 1 unspecified atom stereocenters. The van der Waals surface area contributed by atoms with Crippen molar-refractivity contribution in [2.75, 3.05) is 0 Å². The molecule has 1 heterocycles. The van der Waals surface area contributed by atoms with Crippen molar-refractivity contribution in [3.8, 4) is 0 Å². The Morgan fingerprint density at radius 2 is 1.90 bits per heavy atom. The number of hydrogen-bond acceptors (Lipinski definition) is 3. The number of hydrazine groups is 1. The summed E-state index contributed by atoms with van der Waals surface area (Å²) in [6.45, 7) is 0. The lowest BCUT2D eigenvalue weighted by molar-refractivity contribution is 0.641. The monoisotopic (exact) mass is 317 g/mol. The van der Waals surface area contributed by atoms with Gasteiger partial charge < -0.3 is 0 Å². The Hall–Kier alpha value is -1.65. The number of rotatable bonds is 3. The van der Waals surface area contributed by atoms with Gasteiger partial charge in [-0.05, 0) is 34.7 Å². The first-order valence-electron chi connectivity index (χ1n) is 6.44. The van der Waals surface area contributed by atoms with Crippen molar-refractivity contribution in [3.63, 3.8) is 0 Å². The molecule has 1 atom stereocenters.